The lowest BCUT2D eigenvalue weighted by molar-refractivity contribution is -0.384. The molecule has 133 heavy (non-hydrogen) atoms. The first kappa shape index (κ1) is 110. The zero-order valence-electron chi connectivity index (χ0n) is 74.6. The Morgan fingerprint density at radius 3 is 0.842 bits per heavy atom. The fraction of sp³-hybridized carbons (Fsp3) is 0.756. The van der Waals surface area contributed by atoms with Gasteiger partial charge in [0.25, 0.3) is 3.79 Å². The third kappa shape index (κ3) is 32.8. The van der Waals surface area contributed by atoms with Gasteiger partial charge in [-0.15, -0.1) is 0 Å². The van der Waals surface area contributed by atoms with E-state index in [9.17, 15) is 91.4 Å². The maximum atomic E-state index is 14.2. The molecule has 0 amide bonds. The Morgan fingerprint density at radius 1 is 0.256 bits per heavy atom. The summed E-state index contributed by atoms with van der Waals surface area (Å²) in [7, 11) is 0. The van der Waals surface area contributed by atoms with Crippen molar-refractivity contribution in [2.45, 2.75) is 319 Å². The molecule has 0 radical (unpaired) electrons. The van der Waals surface area contributed by atoms with Crippen LogP contribution in [-0.4, -0.2) is 366 Å². The highest BCUT2D eigenvalue weighted by molar-refractivity contribution is 6.76. The second-order valence-electron chi connectivity index (χ2n) is 30.2. The Balaban J connectivity index is 1.48. The third-order valence-electron chi connectivity index (χ3n) is 19.2. The molecule has 748 valence electrons. The average molecular weight is 1980 g/mol. The Hall–Kier alpha value is -9.76. The van der Waals surface area contributed by atoms with Crippen LogP contribution in [0.25, 0.3) is 0 Å². The summed E-state index contributed by atoms with van der Waals surface area (Å²) < 4.78 is 187. The van der Waals surface area contributed by atoms with Gasteiger partial charge < -0.3 is 157 Å². The van der Waals surface area contributed by atoms with Gasteiger partial charge in [-0.2, -0.15) is 0 Å². The van der Waals surface area contributed by atoms with E-state index in [0.29, 0.717) is 0 Å². The summed E-state index contributed by atoms with van der Waals surface area (Å²) >= 11 is 17.8. The summed E-state index contributed by atoms with van der Waals surface area (Å²) in [4.78, 5) is 237. The van der Waals surface area contributed by atoms with E-state index in [-0.39, 0.29) is 0 Å². The Morgan fingerprint density at radius 2 is 0.496 bits per heavy atom. The molecule has 0 saturated carbocycles. The number of esters is 18. The fourth-order valence-electron chi connectivity index (χ4n) is 14.8. The highest BCUT2D eigenvalue weighted by Crippen LogP contribution is 2.43. The molecular weight excluding hydrogens is 1870 g/mol. The Bertz CT molecular complexity index is 4160. The van der Waals surface area contributed by atoms with Crippen molar-refractivity contribution in [3.63, 3.8) is 0 Å². The summed E-state index contributed by atoms with van der Waals surface area (Å²) in [6.07, 6.45) is -63.5. The predicted octanol–water partition coefficient (Wildman–Crippen LogP) is -1.47. The lowest BCUT2D eigenvalue weighted by Gasteiger charge is -2.51. The van der Waals surface area contributed by atoms with Crippen LogP contribution in [0.5, 0.6) is 0 Å². The van der Waals surface area contributed by atoms with E-state index in [1.54, 1.807) is 0 Å². The molecule has 0 bridgehead atoms. The normalized spacial score (nSPS) is 33.6. The molecule has 7 saturated heterocycles. The van der Waals surface area contributed by atoms with Crippen molar-refractivity contribution in [2.24, 2.45) is 5.92 Å². The van der Waals surface area contributed by atoms with Gasteiger partial charge >= 0.3 is 107 Å². The highest BCUT2D eigenvalue weighted by Gasteiger charge is 2.63. The number of rotatable bonds is 36. The molecule has 7 rings (SSSR count). The molecule has 2 N–H and O–H groups in total. The van der Waals surface area contributed by atoms with E-state index in [1.807, 2.05) is 0 Å². The van der Waals surface area contributed by atoms with Crippen LogP contribution in [0.1, 0.15) is 125 Å². The van der Waals surface area contributed by atoms with Crippen molar-refractivity contribution in [2.75, 3.05) is 52.9 Å². The third-order valence-corrected chi connectivity index (χ3v) is 19.7. The predicted molar refractivity (Wildman–Crippen MR) is 417 cm³/mol. The zero-order valence-corrected chi connectivity index (χ0v) is 76.9. The van der Waals surface area contributed by atoms with Gasteiger partial charge in [-0.3, -0.25) is 91.7 Å². The van der Waals surface area contributed by atoms with Crippen molar-refractivity contribution in [1.82, 2.24) is 0 Å². The molecule has 7 fully saturated rings. The summed E-state index contributed by atoms with van der Waals surface area (Å²) in [5.41, 5.74) is 0. The van der Waals surface area contributed by atoms with E-state index < -0.39 is 366 Å². The van der Waals surface area contributed by atoms with Crippen molar-refractivity contribution < 1.29 is 243 Å². The fourth-order valence-corrected chi connectivity index (χ4v) is 14.9. The van der Waals surface area contributed by atoms with Crippen LogP contribution < -0.4 is 0 Å². The summed E-state index contributed by atoms with van der Waals surface area (Å²) in [6.45, 7) is 8.70. The van der Waals surface area contributed by atoms with Crippen molar-refractivity contribution in [3.05, 3.63) is 0 Å². The van der Waals surface area contributed by atoms with Gasteiger partial charge in [0.05, 0.1) is 58.3 Å². The summed E-state index contributed by atoms with van der Waals surface area (Å²) in [6, 6.07) is 0. The Kier molecular flexibility index (Phi) is 41.6. The van der Waals surface area contributed by atoms with Gasteiger partial charge in [0.15, 0.2) is 148 Å². The zero-order chi connectivity index (χ0) is 99.2. The number of halogens is 3. The monoisotopic (exact) mass is 1980 g/mol. The lowest BCUT2D eigenvalue weighted by atomic mass is 9.88. The van der Waals surface area contributed by atoms with Crippen molar-refractivity contribution >= 4 is 148 Å². The summed E-state index contributed by atoms with van der Waals surface area (Å²) in [5.74, 6) is -23.2. The molecule has 55 heteroatoms. The molecule has 7 aliphatic rings. The topological polar surface area (TPSA) is 647 Å². The molecule has 7 aliphatic heterocycles. The number of nitrogens with one attached hydrogen (secondary N) is 1. The van der Waals surface area contributed by atoms with Gasteiger partial charge in [0, 0.05) is 125 Å². The van der Waals surface area contributed by atoms with Gasteiger partial charge in [-0.25, -0.2) is 0 Å². The van der Waals surface area contributed by atoms with Crippen LogP contribution in [0.15, 0.2) is 0 Å². The van der Waals surface area contributed by atoms with Crippen LogP contribution in [0.3, 0.4) is 0 Å². The van der Waals surface area contributed by atoms with Gasteiger partial charge in [-0.05, 0) is 0 Å². The SMILES string of the molecule is CC(=O)OC[C@@H]1O[C@H](OC(=N)C(Cl)(Cl)Cl)C(O)[C@@H](OC(C)=O)C1O[C@@H]1OC(CO[C@H]2OC[C@@H](OC(C)=O)C(OC(C)=O)C2OC(C)=O)[C@@H](O[C@@H]2O[C@@H](CO[C@H]3OC[C@H](OC(C)=O)C(OC(C)=O)C3OC(C)=O)C(CO[C@@H]3OC(CO[C@H]4OC[C@@H](OC(C)=O)C(OC(C)=O)C4OC(C)=O)[C@@H](OC(C)=O)C(OC(C)=O)C3OC(C)=O)[C@H](OC(C)=O)C2OC(C)=O)C(OC(C)=O)C1OC(C)=O. The quantitative estimate of drug-likeness (QED) is 0.0238. The van der Waals surface area contributed by atoms with Gasteiger partial charge in [0.1, 0.15) is 37.1 Å². The first-order valence-electron chi connectivity index (χ1n) is 40.5. The number of aliphatic hydroxyl groups is 1. The molecule has 0 aromatic rings. The van der Waals surface area contributed by atoms with Gasteiger partial charge in [-0.1, -0.05) is 34.8 Å². The average Bonchev–Trinajstić information content (AvgIpc) is 0.732. The minimum atomic E-state index is -2.68. The van der Waals surface area contributed by atoms with E-state index in [1.165, 1.54) is 0 Å². The minimum Gasteiger partial charge on any atom is -0.463 e. The number of aliphatic hydroxyl groups excluding tert-OH is 1. The maximum Gasteiger partial charge on any atom is 0.303 e. The smallest absolute Gasteiger partial charge is 0.303 e. The molecule has 16 unspecified atom stereocenters. The largest absolute Gasteiger partial charge is 0.463 e. The number of alkyl halides is 3. The molecule has 0 spiro atoms. The van der Waals surface area contributed by atoms with E-state index in [4.69, 9.17) is 192 Å². The standard InChI is InChI=1S/C78H104Cl3NO51/c1-27(83)102-21-50-55(61(118-36(10)92)53(101)70(128-50)133-77(82)78(79,80)81)131-76-69(126-44(18)100)63(120-38(12)94)57(52(130-76)26-109-73-67(124-42(16)98)60(117-35(9)91)49(24-107-73)112-30(4)86)132-75-64(121-39(13)95)54(113-31(5)87)45(46(127-75)20-104-71-65(122-40(14)96)58(115-33(7)89)47(22-105-71)110-28(2)84)19-103-74-68(125-43(17)99)62(119-37(11)93)56(114-32(6)88)51(129-74)25-108-72-66(123-41(15)97)59(116-34(8)90)48(23-106-72)111-29(3)85/h45-76,82,101H,19-26H2,1-18H3/t45?,46-,47-,48+,49+,50-,51?,52?,53?,54-,55?,56+,57+,58?,59?,60?,61+,62?,63?,64?,65?,66?,67?,68?,69?,70+,71-,72+,73+,74+,75-,76-/m0/s1. The second kappa shape index (κ2) is 50.2. The molecule has 0 aliphatic carbocycles. The minimum absolute atomic E-state index is 0.620. The van der Waals surface area contributed by atoms with Crippen LogP contribution in [0.2, 0.25) is 0 Å². The molecule has 7 heterocycles. The number of carbonyl (C=O) groups excluding carboxylic acids is 18. The van der Waals surface area contributed by atoms with Gasteiger partial charge in [0.2, 0.25) is 12.2 Å². The number of carbonyl (C=O) groups is 18. The van der Waals surface area contributed by atoms with E-state index in [0.717, 1.165) is 125 Å². The van der Waals surface area contributed by atoms with Crippen LogP contribution in [-0.2, 0) is 238 Å². The number of ether oxygens (including phenoxy) is 32. The highest BCUT2D eigenvalue weighted by atomic mass is 35.6. The number of hydrogen-bond donors (Lipinski definition) is 2. The van der Waals surface area contributed by atoms with E-state index >= 15 is 0 Å². The molecular formula is C78H104Cl3NO51. The van der Waals surface area contributed by atoms with Crippen LogP contribution in [0, 0.1) is 11.3 Å². The molecule has 32 atom stereocenters. The second-order valence-corrected chi connectivity index (χ2v) is 32.5. The van der Waals surface area contributed by atoms with E-state index in [2.05, 4.69) is 0 Å². The molecule has 0 aromatic carbocycles. The number of hydrogen-bond acceptors (Lipinski definition) is 52. The van der Waals surface area contributed by atoms with Crippen molar-refractivity contribution in [3.8, 4) is 0 Å². The first-order valence-corrected chi connectivity index (χ1v) is 41.6. The summed E-state index contributed by atoms with van der Waals surface area (Å²) in [5, 5.41) is 20.4. The molecule has 52 nitrogen and oxygen atoms in total. The van der Waals surface area contributed by atoms with Crippen LogP contribution in [0.4, 0.5) is 0 Å². The van der Waals surface area contributed by atoms with Crippen LogP contribution >= 0.6 is 34.8 Å². The first-order chi connectivity index (χ1) is 62.2. The lowest BCUT2D eigenvalue weighted by Crippen LogP contribution is -2.68. The molecule has 0 aromatic heterocycles. The Labute approximate surface area is 771 Å². The maximum absolute atomic E-state index is 14.2. The van der Waals surface area contributed by atoms with Crippen molar-refractivity contribution in [1.29, 1.82) is 5.41 Å².